The smallest absolute Gasteiger partial charge is 0.306 e. The summed E-state index contributed by atoms with van der Waals surface area (Å²) < 4.78 is 6.00. The Bertz CT molecular complexity index is 546. The Morgan fingerprint density at radius 3 is 2.71 bits per heavy atom. The molecule has 0 saturated heterocycles. The number of amides is 1. The number of nitrogens with one attached hydrogen (secondary N) is 1. The van der Waals surface area contributed by atoms with Gasteiger partial charge in [0, 0.05) is 17.7 Å². The first kappa shape index (κ1) is 15.8. The molecule has 2 N–H and O–H groups in total. The van der Waals surface area contributed by atoms with E-state index in [2.05, 4.69) is 21.2 Å². The molecule has 0 aromatic heterocycles. The Labute approximate surface area is 131 Å². The van der Waals surface area contributed by atoms with Crippen LogP contribution in [0.4, 0.5) is 5.69 Å². The highest BCUT2D eigenvalue weighted by molar-refractivity contribution is 9.10. The van der Waals surface area contributed by atoms with Crippen LogP contribution in [0.15, 0.2) is 22.7 Å². The first-order valence-corrected chi connectivity index (χ1v) is 7.67. The Morgan fingerprint density at radius 2 is 2.05 bits per heavy atom. The fourth-order valence-corrected chi connectivity index (χ4v) is 3.04. The lowest BCUT2D eigenvalue weighted by molar-refractivity contribution is -0.143. The third kappa shape index (κ3) is 3.97. The molecular formula is C15H18BrNO4. The van der Waals surface area contributed by atoms with Gasteiger partial charge in [0.25, 0.3) is 0 Å². The van der Waals surface area contributed by atoms with Gasteiger partial charge in [0.1, 0.15) is 5.75 Å². The second-order valence-electron chi connectivity index (χ2n) is 5.24. The summed E-state index contributed by atoms with van der Waals surface area (Å²) in [6.07, 6.45) is 2.59. The van der Waals surface area contributed by atoms with E-state index in [0.29, 0.717) is 24.3 Å². The van der Waals surface area contributed by atoms with E-state index in [-0.39, 0.29) is 11.8 Å². The van der Waals surface area contributed by atoms with Gasteiger partial charge in [0.2, 0.25) is 5.91 Å². The molecule has 2 unspecified atom stereocenters. The summed E-state index contributed by atoms with van der Waals surface area (Å²) in [5.41, 5.74) is 0.650. The molecule has 0 spiro atoms. The molecule has 1 aromatic carbocycles. The number of anilines is 1. The van der Waals surface area contributed by atoms with E-state index in [0.717, 1.165) is 17.3 Å². The summed E-state index contributed by atoms with van der Waals surface area (Å²) in [5, 5.41) is 11.9. The van der Waals surface area contributed by atoms with Crippen LogP contribution in [0, 0.1) is 11.8 Å². The molecule has 0 bridgehead atoms. The van der Waals surface area contributed by atoms with Crippen LogP contribution >= 0.6 is 15.9 Å². The minimum absolute atomic E-state index is 0.120. The van der Waals surface area contributed by atoms with Gasteiger partial charge in [-0.15, -0.1) is 0 Å². The van der Waals surface area contributed by atoms with Crippen LogP contribution in [-0.2, 0) is 9.59 Å². The summed E-state index contributed by atoms with van der Waals surface area (Å²) in [4.78, 5) is 23.3. The number of aliphatic carboxylic acids is 1. The van der Waals surface area contributed by atoms with Crippen LogP contribution in [0.1, 0.15) is 25.7 Å². The maximum absolute atomic E-state index is 12.3. The quantitative estimate of drug-likeness (QED) is 0.868. The fraction of sp³-hybridized carbons (Fsp3) is 0.467. The average Bonchev–Trinajstić information content (AvgIpc) is 2.49. The van der Waals surface area contributed by atoms with E-state index < -0.39 is 11.9 Å². The monoisotopic (exact) mass is 355 g/mol. The Balaban J connectivity index is 2.02. The lowest BCUT2D eigenvalue weighted by Gasteiger charge is -2.25. The summed E-state index contributed by atoms with van der Waals surface area (Å²) in [6.45, 7) is 0. The standard InChI is InChI=1S/C15H18BrNO4/c1-21-13-8-11(5-6-12(13)16)17-14(18)9-3-2-4-10(7-9)15(19)20/h5-6,8-10H,2-4,7H2,1H3,(H,17,18)(H,19,20). The zero-order valence-corrected chi connectivity index (χ0v) is 13.4. The van der Waals surface area contributed by atoms with Gasteiger partial charge < -0.3 is 15.2 Å². The number of hydrogen-bond acceptors (Lipinski definition) is 3. The molecule has 1 saturated carbocycles. The molecule has 1 amide bonds. The van der Waals surface area contributed by atoms with Gasteiger partial charge in [0.15, 0.2) is 0 Å². The van der Waals surface area contributed by atoms with Crippen molar-refractivity contribution in [3.63, 3.8) is 0 Å². The maximum Gasteiger partial charge on any atom is 0.306 e. The lowest BCUT2D eigenvalue weighted by atomic mass is 9.81. The minimum Gasteiger partial charge on any atom is -0.495 e. The van der Waals surface area contributed by atoms with Crippen molar-refractivity contribution < 1.29 is 19.4 Å². The Hall–Kier alpha value is -1.56. The summed E-state index contributed by atoms with van der Waals surface area (Å²) in [5.74, 6) is -0.938. The van der Waals surface area contributed by atoms with E-state index >= 15 is 0 Å². The number of ether oxygens (including phenoxy) is 1. The number of carbonyl (C=O) groups is 2. The summed E-state index contributed by atoms with van der Waals surface area (Å²) in [6, 6.07) is 5.32. The molecular weight excluding hydrogens is 338 g/mol. The van der Waals surface area contributed by atoms with Gasteiger partial charge in [-0.3, -0.25) is 9.59 Å². The molecule has 0 aliphatic heterocycles. The van der Waals surface area contributed by atoms with Crippen LogP contribution in [0.25, 0.3) is 0 Å². The van der Waals surface area contributed by atoms with Crippen molar-refractivity contribution in [1.82, 2.24) is 0 Å². The molecule has 0 heterocycles. The van der Waals surface area contributed by atoms with Crippen molar-refractivity contribution in [3.05, 3.63) is 22.7 Å². The van der Waals surface area contributed by atoms with Crippen molar-refractivity contribution in [3.8, 4) is 5.75 Å². The van der Waals surface area contributed by atoms with Gasteiger partial charge in [0.05, 0.1) is 17.5 Å². The van der Waals surface area contributed by atoms with Gasteiger partial charge in [-0.05, 0) is 47.3 Å². The number of carbonyl (C=O) groups excluding carboxylic acids is 1. The van der Waals surface area contributed by atoms with E-state index in [4.69, 9.17) is 9.84 Å². The largest absolute Gasteiger partial charge is 0.495 e. The molecule has 114 valence electrons. The molecule has 1 fully saturated rings. The number of carboxylic acids is 1. The number of benzene rings is 1. The highest BCUT2D eigenvalue weighted by atomic mass is 79.9. The van der Waals surface area contributed by atoms with Crippen LogP contribution in [0.3, 0.4) is 0 Å². The molecule has 1 aliphatic rings. The second kappa shape index (κ2) is 6.93. The fourth-order valence-electron chi connectivity index (χ4n) is 2.63. The minimum atomic E-state index is -0.808. The molecule has 0 radical (unpaired) electrons. The Kier molecular flexibility index (Phi) is 5.22. The summed E-state index contributed by atoms with van der Waals surface area (Å²) >= 11 is 3.35. The highest BCUT2D eigenvalue weighted by Gasteiger charge is 2.31. The molecule has 2 rings (SSSR count). The highest BCUT2D eigenvalue weighted by Crippen LogP contribution is 2.31. The molecule has 21 heavy (non-hydrogen) atoms. The normalized spacial score (nSPS) is 21.6. The number of methoxy groups -OCH3 is 1. The number of carboxylic acid groups (broad SMARTS) is 1. The van der Waals surface area contributed by atoms with Crippen LogP contribution in [0.2, 0.25) is 0 Å². The third-order valence-corrected chi connectivity index (χ3v) is 4.47. The number of hydrogen-bond donors (Lipinski definition) is 2. The van der Waals surface area contributed by atoms with Crippen molar-refractivity contribution in [1.29, 1.82) is 0 Å². The van der Waals surface area contributed by atoms with Crippen molar-refractivity contribution in [2.24, 2.45) is 11.8 Å². The van der Waals surface area contributed by atoms with Crippen LogP contribution in [-0.4, -0.2) is 24.1 Å². The SMILES string of the molecule is COc1cc(NC(=O)C2CCCC(C(=O)O)C2)ccc1Br. The molecule has 2 atom stereocenters. The average molecular weight is 356 g/mol. The molecule has 6 heteroatoms. The number of halogens is 1. The van der Waals surface area contributed by atoms with Crippen LogP contribution < -0.4 is 10.1 Å². The predicted molar refractivity (Wildman–Crippen MR) is 82.4 cm³/mol. The zero-order chi connectivity index (χ0) is 15.4. The summed E-state index contributed by atoms with van der Waals surface area (Å²) in [7, 11) is 1.56. The lowest BCUT2D eigenvalue weighted by Crippen LogP contribution is -2.30. The van der Waals surface area contributed by atoms with E-state index in [9.17, 15) is 9.59 Å². The van der Waals surface area contributed by atoms with Gasteiger partial charge >= 0.3 is 5.97 Å². The number of rotatable bonds is 4. The van der Waals surface area contributed by atoms with Crippen molar-refractivity contribution >= 4 is 33.5 Å². The predicted octanol–water partition coefficient (Wildman–Crippen LogP) is 3.29. The molecule has 1 aliphatic carbocycles. The molecule has 1 aromatic rings. The second-order valence-corrected chi connectivity index (χ2v) is 6.09. The van der Waals surface area contributed by atoms with E-state index in [1.165, 1.54) is 0 Å². The third-order valence-electron chi connectivity index (χ3n) is 3.81. The maximum atomic E-state index is 12.3. The van der Waals surface area contributed by atoms with E-state index in [1.807, 2.05) is 0 Å². The molecule has 5 nitrogen and oxygen atoms in total. The van der Waals surface area contributed by atoms with E-state index in [1.54, 1.807) is 25.3 Å². The first-order chi connectivity index (χ1) is 10.0. The first-order valence-electron chi connectivity index (χ1n) is 6.88. The Morgan fingerprint density at radius 1 is 1.33 bits per heavy atom. The van der Waals surface area contributed by atoms with Crippen molar-refractivity contribution in [2.45, 2.75) is 25.7 Å². The van der Waals surface area contributed by atoms with Gasteiger partial charge in [-0.2, -0.15) is 0 Å². The van der Waals surface area contributed by atoms with Crippen LogP contribution in [0.5, 0.6) is 5.75 Å². The van der Waals surface area contributed by atoms with Gasteiger partial charge in [-0.1, -0.05) is 6.42 Å². The topological polar surface area (TPSA) is 75.6 Å². The van der Waals surface area contributed by atoms with Gasteiger partial charge in [-0.25, -0.2) is 0 Å². The van der Waals surface area contributed by atoms with Crippen molar-refractivity contribution in [2.75, 3.05) is 12.4 Å². The zero-order valence-electron chi connectivity index (χ0n) is 11.8.